The van der Waals surface area contributed by atoms with E-state index in [1.165, 1.54) is 205 Å². The van der Waals surface area contributed by atoms with Gasteiger partial charge < -0.3 is 43.1 Å². The summed E-state index contributed by atoms with van der Waals surface area (Å²) in [6, 6.07) is 0. The molecule has 0 spiro atoms. The zero-order chi connectivity index (χ0) is 32.0. The maximum absolute atomic E-state index is 10.5. The molecule has 14 N–H and O–H groups in total. The third kappa shape index (κ3) is 61.9. The number of carboxylic acid groups (broad SMARTS) is 2. The lowest BCUT2D eigenvalue weighted by Gasteiger charge is -2.05. The number of rotatable bonds is 39. The van der Waals surface area contributed by atoms with Crippen molar-refractivity contribution >= 4 is 11.9 Å². The first-order valence-electron chi connectivity index (χ1n) is 20.1. The van der Waals surface area contributed by atoms with Crippen molar-refractivity contribution in [3.63, 3.8) is 0 Å². The molecular weight excluding hydrogens is 640 g/mol. The number of unbranched alkanes of at least 4 members (excludes halogenated alkanes) is 35. The van der Waals surface area contributed by atoms with Crippen LogP contribution in [0.2, 0.25) is 0 Å². The monoisotopic (exact) mass is 731 g/mol. The lowest BCUT2D eigenvalue weighted by atomic mass is 10.0. The molecule has 0 unspecified atom stereocenters. The van der Waals surface area contributed by atoms with Crippen LogP contribution in [0.5, 0.6) is 0 Å². The quantitative estimate of drug-likeness (QED) is 0.0586. The molecule has 0 rings (SSSR count). The number of carboxylic acids is 2. The summed E-state index contributed by atoms with van der Waals surface area (Å²) in [4.78, 5) is 21.0. The molecule has 0 aliphatic carbocycles. The lowest BCUT2D eigenvalue weighted by molar-refractivity contribution is -0.138. The largest absolute Gasteiger partial charge is 0.481 e. The Kier molecular flexibility index (Phi) is 72.7. The van der Waals surface area contributed by atoms with E-state index in [2.05, 4.69) is 0 Å². The molecule has 0 atom stereocenters. The first-order valence-corrected chi connectivity index (χ1v) is 20.1. The molecule has 0 aliphatic rings. The Bertz CT molecular complexity index is 542. The number of aliphatic carboxylic acids is 2. The van der Waals surface area contributed by atoms with Crippen LogP contribution in [0, 0.1) is 0 Å². The van der Waals surface area contributed by atoms with E-state index in [4.69, 9.17) is 10.2 Å². The second-order valence-electron chi connectivity index (χ2n) is 14.0. The highest BCUT2D eigenvalue weighted by atomic mass is 16.4. The Balaban J connectivity index is -0.000000616. The van der Waals surface area contributed by atoms with Gasteiger partial charge >= 0.3 is 11.9 Å². The smallest absolute Gasteiger partial charge is 0.303 e. The van der Waals surface area contributed by atoms with E-state index in [0.717, 1.165) is 25.7 Å². The summed E-state index contributed by atoms with van der Waals surface area (Å²) in [5, 5.41) is 17.3. The van der Waals surface area contributed by atoms with Gasteiger partial charge in [0.2, 0.25) is 0 Å². The van der Waals surface area contributed by atoms with Crippen molar-refractivity contribution in [1.82, 2.24) is 0 Å². The van der Waals surface area contributed by atoms with Crippen LogP contribution >= 0.6 is 0 Å². The molecule has 0 aliphatic heterocycles. The zero-order valence-electron chi connectivity index (χ0n) is 32.6. The van der Waals surface area contributed by atoms with Crippen molar-refractivity contribution in [2.75, 3.05) is 0 Å². The van der Waals surface area contributed by atoms with E-state index in [-0.39, 0.29) is 32.9 Å². The summed E-state index contributed by atoms with van der Waals surface area (Å²) in [5.41, 5.74) is 0. The summed E-state index contributed by atoms with van der Waals surface area (Å²) in [7, 11) is 0. The first-order chi connectivity index (χ1) is 21.6. The van der Waals surface area contributed by atoms with Gasteiger partial charge in [0, 0.05) is 12.8 Å². The molecule has 0 aromatic carbocycles. The normalized spacial score (nSPS) is 10.0. The van der Waals surface area contributed by atoms with E-state index in [9.17, 15) is 9.59 Å². The first kappa shape index (κ1) is 63.7. The predicted molar refractivity (Wildman–Crippen MR) is 212 cm³/mol. The van der Waals surface area contributed by atoms with E-state index >= 15 is 0 Å². The molecule has 10 heteroatoms. The second-order valence-corrected chi connectivity index (χ2v) is 14.0. The Morgan fingerprint density at radius 2 is 0.280 bits per heavy atom. The van der Waals surface area contributed by atoms with Gasteiger partial charge in [-0.1, -0.05) is 218 Å². The van der Waals surface area contributed by atoms with Gasteiger partial charge in [-0.2, -0.15) is 0 Å². The van der Waals surface area contributed by atoms with Crippen LogP contribution in [-0.2, 0) is 9.59 Å². The highest BCUT2D eigenvalue weighted by Crippen LogP contribution is 2.17. The SMILES string of the molecule is O.O.O.O.O.O.O=C(O)CCCCCCCCCCCCCCCCCCCCCCCCCCCCCCCCCCCCCCC(=O)O. The molecule has 0 amide bonds. The summed E-state index contributed by atoms with van der Waals surface area (Å²) in [6.07, 6.45) is 49.4. The summed E-state index contributed by atoms with van der Waals surface area (Å²) < 4.78 is 0. The average molecular weight is 731 g/mol. The fraction of sp³-hybridized carbons (Fsp3) is 0.950. The standard InChI is InChI=1S/C40H78O4.6H2O/c41-39(42)37-35-33-31-29-27-25-23-21-19-17-15-13-11-9-7-5-3-1-2-4-6-8-10-12-14-16-18-20-22-24-26-28-30-32-34-36-38-40(43)44;;;;;;/h1-38H2,(H,41,42)(H,43,44);6*1H2. The van der Waals surface area contributed by atoms with Crippen LogP contribution in [0.3, 0.4) is 0 Å². The third-order valence-electron chi connectivity index (χ3n) is 9.53. The van der Waals surface area contributed by atoms with Crippen molar-refractivity contribution < 1.29 is 52.7 Å². The van der Waals surface area contributed by atoms with E-state index in [1.807, 2.05) is 0 Å². The molecular formula is C40H90O10. The van der Waals surface area contributed by atoms with Crippen LogP contribution in [0.15, 0.2) is 0 Å². The minimum atomic E-state index is -0.652. The molecule has 50 heavy (non-hydrogen) atoms. The van der Waals surface area contributed by atoms with Crippen LogP contribution < -0.4 is 0 Å². The van der Waals surface area contributed by atoms with Crippen LogP contribution in [-0.4, -0.2) is 55.0 Å². The third-order valence-corrected chi connectivity index (χ3v) is 9.53. The number of hydrogen-bond donors (Lipinski definition) is 2. The number of carbonyl (C=O) groups is 2. The Morgan fingerprint density at radius 1 is 0.200 bits per heavy atom. The van der Waals surface area contributed by atoms with Crippen LogP contribution in [0.25, 0.3) is 0 Å². The van der Waals surface area contributed by atoms with E-state index in [0.29, 0.717) is 12.8 Å². The molecule has 0 heterocycles. The van der Waals surface area contributed by atoms with Crippen molar-refractivity contribution in [3.05, 3.63) is 0 Å². The van der Waals surface area contributed by atoms with Gasteiger partial charge in [-0.05, 0) is 12.8 Å². The van der Waals surface area contributed by atoms with Gasteiger partial charge in [-0.3, -0.25) is 9.59 Å². The highest BCUT2D eigenvalue weighted by molar-refractivity contribution is 5.66. The van der Waals surface area contributed by atoms with Gasteiger partial charge in [0.05, 0.1) is 0 Å². The number of hydrogen-bond acceptors (Lipinski definition) is 2. The van der Waals surface area contributed by atoms with E-state index < -0.39 is 11.9 Å². The zero-order valence-corrected chi connectivity index (χ0v) is 32.6. The van der Waals surface area contributed by atoms with Crippen LogP contribution in [0.4, 0.5) is 0 Å². The summed E-state index contributed by atoms with van der Waals surface area (Å²) in [6.45, 7) is 0. The minimum Gasteiger partial charge on any atom is -0.481 e. The Morgan fingerprint density at radius 3 is 0.360 bits per heavy atom. The van der Waals surface area contributed by atoms with Gasteiger partial charge in [0.1, 0.15) is 0 Å². The summed E-state index contributed by atoms with van der Waals surface area (Å²) in [5.74, 6) is -1.30. The molecule has 0 saturated carbocycles. The van der Waals surface area contributed by atoms with Crippen molar-refractivity contribution in [3.8, 4) is 0 Å². The van der Waals surface area contributed by atoms with Gasteiger partial charge in [0.25, 0.3) is 0 Å². The van der Waals surface area contributed by atoms with Gasteiger partial charge in [0.15, 0.2) is 0 Å². The molecule has 0 radical (unpaired) electrons. The fourth-order valence-electron chi connectivity index (χ4n) is 6.56. The molecule has 0 aromatic heterocycles. The van der Waals surface area contributed by atoms with Crippen molar-refractivity contribution in [2.24, 2.45) is 0 Å². The summed E-state index contributed by atoms with van der Waals surface area (Å²) >= 11 is 0. The van der Waals surface area contributed by atoms with E-state index in [1.54, 1.807) is 0 Å². The van der Waals surface area contributed by atoms with Gasteiger partial charge in [-0.15, -0.1) is 0 Å². The lowest BCUT2D eigenvalue weighted by Crippen LogP contribution is -1.93. The molecule has 0 fully saturated rings. The Hall–Kier alpha value is -1.30. The minimum absolute atomic E-state index is 0. The second kappa shape index (κ2) is 57.1. The molecule has 310 valence electrons. The van der Waals surface area contributed by atoms with Gasteiger partial charge in [-0.25, -0.2) is 0 Å². The highest BCUT2D eigenvalue weighted by Gasteiger charge is 1.99. The maximum atomic E-state index is 10.5. The molecule has 0 bridgehead atoms. The van der Waals surface area contributed by atoms with Crippen molar-refractivity contribution in [2.45, 2.75) is 244 Å². The fourth-order valence-corrected chi connectivity index (χ4v) is 6.56. The average Bonchev–Trinajstić information content (AvgIpc) is 3.00. The maximum Gasteiger partial charge on any atom is 0.303 e. The molecule has 0 saturated heterocycles. The topological polar surface area (TPSA) is 264 Å². The Labute approximate surface area is 308 Å². The molecule has 10 nitrogen and oxygen atoms in total. The molecule has 0 aromatic rings. The van der Waals surface area contributed by atoms with Crippen molar-refractivity contribution in [1.29, 1.82) is 0 Å². The predicted octanol–water partition coefficient (Wildman–Crippen LogP) is 9.03. The van der Waals surface area contributed by atoms with Crippen LogP contribution in [0.1, 0.15) is 244 Å².